The van der Waals surface area contributed by atoms with Crippen LogP contribution in [0.2, 0.25) is 10.0 Å². The van der Waals surface area contributed by atoms with Gasteiger partial charge >= 0.3 is 0 Å². The molecule has 2 N–H and O–H groups in total. The number of aliphatic hydroxyl groups is 1. The molecule has 0 atom stereocenters. The van der Waals surface area contributed by atoms with Gasteiger partial charge in [0.2, 0.25) is 0 Å². The summed E-state index contributed by atoms with van der Waals surface area (Å²) in [5.74, 6) is 0. The molecule has 2 aromatic rings. The van der Waals surface area contributed by atoms with Crippen LogP contribution in [0.15, 0.2) is 18.2 Å². The molecule has 0 unspecified atom stereocenters. The first-order chi connectivity index (χ1) is 6.24. The molecule has 0 aliphatic rings. The fourth-order valence-corrected chi connectivity index (χ4v) is 1.96. The van der Waals surface area contributed by atoms with Crippen LogP contribution in [0.4, 0.5) is 0 Å². The zero-order valence-electron chi connectivity index (χ0n) is 6.64. The van der Waals surface area contributed by atoms with Crippen molar-refractivity contribution in [1.29, 1.82) is 0 Å². The standard InChI is InChI=1S/C9H7Cl2NO/c10-5-2-1-3-6-8(5)9(11)7(4-13)12-6/h1-3,12-13H,4H2. The van der Waals surface area contributed by atoms with Crippen molar-refractivity contribution in [3.63, 3.8) is 0 Å². The van der Waals surface area contributed by atoms with Gasteiger partial charge in [-0.25, -0.2) is 0 Å². The van der Waals surface area contributed by atoms with Crippen molar-refractivity contribution in [2.24, 2.45) is 0 Å². The zero-order chi connectivity index (χ0) is 9.42. The van der Waals surface area contributed by atoms with E-state index in [-0.39, 0.29) is 6.61 Å². The second-order valence-corrected chi connectivity index (χ2v) is 3.52. The van der Waals surface area contributed by atoms with Gasteiger partial charge in [-0.15, -0.1) is 0 Å². The van der Waals surface area contributed by atoms with E-state index in [1.54, 1.807) is 6.07 Å². The lowest BCUT2D eigenvalue weighted by atomic mass is 10.2. The van der Waals surface area contributed by atoms with Gasteiger partial charge in [0.25, 0.3) is 0 Å². The van der Waals surface area contributed by atoms with Crippen molar-refractivity contribution in [1.82, 2.24) is 4.98 Å². The maximum absolute atomic E-state index is 8.95. The first-order valence-corrected chi connectivity index (χ1v) is 4.55. The van der Waals surface area contributed by atoms with Crippen LogP contribution in [-0.2, 0) is 6.61 Å². The lowest BCUT2D eigenvalue weighted by Crippen LogP contribution is -1.81. The number of fused-ring (bicyclic) bond motifs is 1. The Morgan fingerprint density at radius 2 is 2.08 bits per heavy atom. The average Bonchev–Trinajstić information content (AvgIpc) is 2.44. The number of aromatic nitrogens is 1. The Morgan fingerprint density at radius 1 is 1.31 bits per heavy atom. The summed E-state index contributed by atoms with van der Waals surface area (Å²) >= 11 is 11.9. The average molecular weight is 216 g/mol. The summed E-state index contributed by atoms with van der Waals surface area (Å²) in [6, 6.07) is 5.47. The minimum atomic E-state index is -0.107. The van der Waals surface area contributed by atoms with E-state index in [9.17, 15) is 0 Å². The van der Waals surface area contributed by atoms with E-state index < -0.39 is 0 Å². The highest BCUT2D eigenvalue weighted by Gasteiger charge is 2.10. The summed E-state index contributed by atoms with van der Waals surface area (Å²) in [4.78, 5) is 2.99. The summed E-state index contributed by atoms with van der Waals surface area (Å²) in [6.45, 7) is -0.107. The van der Waals surface area contributed by atoms with Gasteiger partial charge in [-0.3, -0.25) is 0 Å². The number of aromatic amines is 1. The smallest absolute Gasteiger partial charge is 0.0846 e. The molecule has 1 aromatic heterocycles. The first kappa shape index (κ1) is 8.88. The normalized spacial score (nSPS) is 11.0. The number of aliphatic hydroxyl groups excluding tert-OH is 1. The van der Waals surface area contributed by atoms with Crippen LogP contribution >= 0.6 is 23.2 Å². The van der Waals surface area contributed by atoms with Crippen LogP contribution in [0.5, 0.6) is 0 Å². The molecule has 0 bridgehead atoms. The topological polar surface area (TPSA) is 36.0 Å². The van der Waals surface area contributed by atoms with E-state index in [0.29, 0.717) is 15.7 Å². The maximum Gasteiger partial charge on any atom is 0.0846 e. The van der Waals surface area contributed by atoms with Crippen LogP contribution in [0.25, 0.3) is 10.9 Å². The molecule has 1 aromatic carbocycles. The first-order valence-electron chi connectivity index (χ1n) is 3.79. The Hall–Kier alpha value is -0.700. The molecule has 13 heavy (non-hydrogen) atoms. The Morgan fingerprint density at radius 3 is 2.69 bits per heavy atom. The van der Waals surface area contributed by atoms with Gasteiger partial charge in [-0.2, -0.15) is 0 Å². The number of nitrogens with one attached hydrogen (secondary N) is 1. The second kappa shape index (κ2) is 3.22. The third kappa shape index (κ3) is 1.31. The van der Waals surface area contributed by atoms with E-state index in [2.05, 4.69) is 4.98 Å². The minimum absolute atomic E-state index is 0.107. The lowest BCUT2D eigenvalue weighted by Gasteiger charge is -1.92. The molecule has 0 radical (unpaired) electrons. The van der Waals surface area contributed by atoms with E-state index in [1.165, 1.54) is 0 Å². The lowest BCUT2D eigenvalue weighted by molar-refractivity contribution is 0.278. The van der Waals surface area contributed by atoms with Gasteiger partial charge in [0.05, 0.1) is 22.3 Å². The van der Waals surface area contributed by atoms with Crippen molar-refractivity contribution in [2.45, 2.75) is 6.61 Å². The summed E-state index contributed by atoms with van der Waals surface area (Å²) in [7, 11) is 0. The molecule has 4 heteroatoms. The maximum atomic E-state index is 8.95. The zero-order valence-corrected chi connectivity index (χ0v) is 8.15. The summed E-state index contributed by atoms with van der Waals surface area (Å²) in [5.41, 5.74) is 1.45. The van der Waals surface area contributed by atoms with Gasteiger partial charge < -0.3 is 10.1 Å². The SMILES string of the molecule is OCc1[nH]c2cccc(Cl)c2c1Cl. The number of hydrogen-bond acceptors (Lipinski definition) is 1. The van der Waals surface area contributed by atoms with Crippen LogP contribution in [0.1, 0.15) is 5.69 Å². The van der Waals surface area contributed by atoms with Crippen molar-refractivity contribution >= 4 is 34.1 Å². The van der Waals surface area contributed by atoms with Crippen molar-refractivity contribution < 1.29 is 5.11 Å². The molecule has 0 aliphatic heterocycles. The fraction of sp³-hybridized carbons (Fsp3) is 0.111. The van der Waals surface area contributed by atoms with E-state index in [1.807, 2.05) is 12.1 Å². The van der Waals surface area contributed by atoms with Crippen molar-refractivity contribution in [3.05, 3.63) is 33.9 Å². The Kier molecular flexibility index (Phi) is 2.20. The molecule has 0 aliphatic carbocycles. The molecule has 0 saturated carbocycles. The fourth-order valence-electron chi connectivity index (χ4n) is 1.33. The Bertz CT molecular complexity index is 450. The third-order valence-electron chi connectivity index (χ3n) is 1.94. The quantitative estimate of drug-likeness (QED) is 0.755. The van der Waals surface area contributed by atoms with E-state index in [4.69, 9.17) is 28.3 Å². The predicted molar refractivity (Wildman–Crippen MR) is 54.2 cm³/mol. The molecule has 2 nitrogen and oxygen atoms in total. The second-order valence-electron chi connectivity index (χ2n) is 2.74. The largest absolute Gasteiger partial charge is 0.390 e. The summed E-state index contributed by atoms with van der Waals surface area (Å²) in [5, 5.41) is 10.8. The van der Waals surface area contributed by atoms with Crippen LogP contribution < -0.4 is 0 Å². The Balaban J connectivity index is 2.85. The van der Waals surface area contributed by atoms with E-state index in [0.717, 1.165) is 10.9 Å². The molecule has 0 amide bonds. The van der Waals surface area contributed by atoms with Gasteiger partial charge in [0.1, 0.15) is 0 Å². The summed E-state index contributed by atoms with van der Waals surface area (Å²) < 4.78 is 0. The van der Waals surface area contributed by atoms with Gasteiger partial charge in [-0.1, -0.05) is 29.3 Å². The van der Waals surface area contributed by atoms with Crippen molar-refractivity contribution in [3.8, 4) is 0 Å². The monoisotopic (exact) mass is 215 g/mol. The molecule has 0 saturated heterocycles. The summed E-state index contributed by atoms with van der Waals surface area (Å²) in [6.07, 6.45) is 0. The highest BCUT2D eigenvalue weighted by molar-refractivity contribution is 6.42. The van der Waals surface area contributed by atoms with Gasteiger partial charge in [0, 0.05) is 10.9 Å². The number of rotatable bonds is 1. The minimum Gasteiger partial charge on any atom is -0.390 e. The predicted octanol–water partition coefficient (Wildman–Crippen LogP) is 2.97. The molecule has 0 fully saturated rings. The number of hydrogen-bond donors (Lipinski definition) is 2. The van der Waals surface area contributed by atoms with E-state index >= 15 is 0 Å². The number of halogens is 2. The molecular weight excluding hydrogens is 209 g/mol. The number of benzene rings is 1. The molecule has 68 valence electrons. The number of H-pyrrole nitrogens is 1. The molecule has 0 spiro atoms. The highest BCUT2D eigenvalue weighted by Crippen LogP contribution is 2.32. The van der Waals surface area contributed by atoms with Crippen molar-refractivity contribution in [2.75, 3.05) is 0 Å². The molecule has 2 rings (SSSR count). The third-order valence-corrected chi connectivity index (χ3v) is 2.67. The van der Waals surface area contributed by atoms with Crippen LogP contribution in [0, 0.1) is 0 Å². The Labute approximate surface area is 85.1 Å². The van der Waals surface area contributed by atoms with Gasteiger partial charge in [0.15, 0.2) is 0 Å². The highest BCUT2D eigenvalue weighted by atomic mass is 35.5. The van der Waals surface area contributed by atoms with Crippen LogP contribution in [0.3, 0.4) is 0 Å². The molecular formula is C9H7Cl2NO. The molecule has 1 heterocycles. The van der Waals surface area contributed by atoms with Gasteiger partial charge in [-0.05, 0) is 12.1 Å². The van der Waals surface area contributed by atoms with Crippen LogP contribution in [-0.4, -0.2) is 10.1 Å².